The van der Waals surface area contributed by atoms with Crippen molar-refractivity contribution < 1.29 is 9.53 Å². The highest BCUT2D eigenvalue weighted by molar-refractivity contribution is 7.25. The molecule has 7 heteroatoms. The van der Waals surface area contributed by atoms with Gasteiger partial charge in [-0.25, -0.2) is 14.8 Å². The first kappa shape index (κ1) is 17.4. The summed E-state index contributed by atoms with van der Waals surface area (Å²) in [5.41, 5.74) is 3.92. The number of hydrogen-bond donors (Lipinski definition) is 2. The second kappa shape index (κ2) is 7.03. The molecular formula is C22H16N4O2S. The first-order valence-corrected chi connectivity index (χ1v) is 9.82. The second-order valence-corrected chi connectivity index (χ2v) is 7.52. The number of ether oxygens (including phenoxy) is 1. The van der Waals surface area contributed by atoms with E-state index in [2.05, 4.69) is 10.6 Å². The SMILES string of the molecule is COc1cccc(NC(=O)Nc2ccc3sc4nc5ccccc5nc4c3c2)c1. The minimum atomic E-state index is -0.325. The van der Waals surface area contributed by atoms with Crippen LogP contribution in [0.5, 0.6) is 5.75 Å². The van der Waals surface area contributed by atoms with Gasteiger partial charge in [-0.2, -0.15) is 0 Å². The van der Waals surface area contributed by atoms with Crippen molar-refractivity contribution in [2.24, 2.45) is 0 Å². The maximum atomic E-state index is 12.4. The van der Waals surface area contributed by atoms with Gasteiger partial charge in [0.2, 0.25) is 0 Å². The number of anilines is 2. The van der Waals surface area contributed by atoms with Gasteiger partial charge >= 0.3 is 6.03 Å². The molecule has 0 fully saturated rings. The van der Waals surface area contributed by atoms with Gasteiger partial charge in [-0.15, -0.1) is 11.3 Å². The van der Waals surface area contributed by atoms with Crippen LogP contribution >= 0.6 is 11.3 Å². The fourth-order valence-electron chi connectivity index (χ4n) is 3.21. The van der Waals surface area contributed by atoms with E-state index in [0.717, 1.165) is 31.5 Å². The van der Waals surface area contributed by atoms with Crippen molar-refractivity contribution in [1.29, 1.82) is 0 Å². The van der Waals surface area contributed by atoms with Gasteiger partial charge < -0.3 is 15.4 Å². The molecule has 0 bridgehead atoms. The maximum absolute atomic E-state index is 12.4. The molecule has 142 valence electrons. The van der Waals surface area contributed by atoms with Crippen LogP contribution in [0.3, 0.4) is 0 Å². The molecule has 0 saturated heterocycles. The Morgan fingerprint density at radius 3 is 2.45 bits per heavy atom. The molecule has 5 aromatic rings. The third-order valence-electron chi connectivity index (χ3n) is 4.57. The Morgan fingerprint density at radius 1 is 0.897 bits per heavy atom. The molecule has 0 radical (unpaired) electrons. The van der Waals surface area contributed by atoms with Crippen LogP contribution in [0.2, 0.25) is 0 Å². The lowest BCUT2D eigenvalue weighted by Crippen LogP contribution is -2.19. The molecular weight excluding hydrogens is 384 g/mol. The molecule has 2 aromatic heterocycles. The van der Waals surface area contributed by atoms with E-state index in [9.17, 15) is 4.79 Å². The minimum Gasteiger partial charge on any atom is -0.497 e. The van der Waals surface area contributed by atoms with E-state index in [4.69, 9.17) is 14.7 Å². The van der Waals surface area contributed by atoms with E-state index in [0.29, 0.717) is 17.1 Å². The van der Waals surface area contributed by atoms with E-state index in [1.807, 2.05) is 54.6 Å². The van der Waals surface area contributed by atoms with Crippen LogP contribution in [-0.4, -0.2) is 23.1 Å². The van der Waals surface area contributed by atoms with Crippen LogP contribution in [-0.2, 0) is 0 Å². The number of urea groups is 1. The number of aromatic nitrogens is 2. The standard InChI is InChI=1S/C22H16N4O2S/c1-28-15-6-4-5-13(11-15)23-22(27)24-14-9-10-19-16(12-14)20-21(29-19)26-18-8-3-2-7-17(18)25-20/h2-12H,1H3,(H2,23,24,27). The summed E-state index contributed by atoms with van der Waals surface area (Å²) >= 11 is 1.59. The number of para-hydroxylation sites is 2. The van der Waals surface area contributed by atoms with Crippen LogP contribution in [0.25, 0.3) is 31.5 Å². The fraction of sp³-hybridized carbons (Fsp3) is 0.0455. The topological polar surface area (TPSA) is 76.1 Å². The molecule has 2 N–H and O–H groups in total. The first-order chi connectivity index (χ1) is 14.2. The molecule has 2 heterocycles. The molecule has 6 nitrogen and oxygen atoms in total. The highest BCUT2D eigenvalue weighted by Gasteiger charge is 2.11. The van der Waals surface area contributed by atoms with Crippen molar-refractivity contribution in [2.75, 3.05) is 17.7 Å². The summed E-state index contributed by atoms with van der Waals surface area (Å²) < 4.78 is 6.26. The Balaban J connectivity index is 1.46. The van der Waals surface area contributed by atoms with Crippen molar-refractivity contribution in [2.45, 2.75) is 0 Å². The number of thiophene rings is 1. The van der Waals surface area contributed by atoms with Crippen molar-refractivity contribution in [3.8, 4) is 5.75 Å². The normalized spacial score (nSPS) is 11.1. The van der Waals surface area contributed by atoms with Crippen LogP contribution in [0.15, 0.2) is 66.7 Å². The quantitative estimate of drug-likeness (QED) is 0.410. The molecule has 0 aliphatic heterocycles. The molecule has 29 heavy (non-hydrogen) atoms. The van der Waals surface area contributed by atoms with Gasteiger partial charge in [-0.3, -0.25) is 0 Å². The molecule has 5 rings (SSSR count). The summed E-state index contributed by atoms with van der Waals surface area (Å²) in [6.07, 6.45) is 0. The lowest BCUT2D eigenvalue weighted by Gasteiger charge is -2.09. The van der Waals surface area contributed by atoms with E-state index >= 15 is 0 Å². The minimum absolute atomic E-state index is 0.325. The third-order valence-corrected chi connectivity index (χ3v) is 5.62. The monoisotopic (exact) mass is 400 g/mol. The van der Waals surface area contributed by atoms with Gasteiger partial charge in [0.05, 0.1) is 18.1 Å². The summed E-state index contributed by atoms with van der Waals surface area (Å²) in [6.45, 7) is 0. The number of carbonyl (C=O) groups excluding carboxylic acids is 1. The number of benzene rings is 3. The first-order valence-electron chi connectivity index (χ1n) is 9.01. The zero-order valence-electron chi connectivity index (χ0n) is 15.5. The number of amides is 2. The third kappa shape index (κ3) is 3.32. The van der Waals surface area contributed by atoms with E-state index in [-0.39, 0.29) is 6.03 Å². The van der Waals surface area contributed by atoms with Crippen molar-refractivity contribution in [3.63, 3.8) is 0 Å². The van der Waals surface area contributed by atoms with Crippen molar-refractivity contribution in [3.05, 3.63) is 66.7 Å². The fourth-order valence-corrected chi connectivity index (χ4v) is 4.22. The molecule has 0 aliphatic rings. The summed E-state index contributed by atoms with van der Waals surface area (Å²) in [5, 5.41) is 6.66. The Morgan fingerprint density at radius 2 is 1.66 bits per heavy atom. The number of nitrogens with one attached hydrogen (secondary N) is 2. The van der Waals surface area contributed by atoms with Gasteiger partial charge in [0.15, 0.2) is 0 Å². The van der Waals surface area contributed by atoms with E-state index in [1.54, 1.807) is 30.6 Å². The number of nitrogens with zero attached hydrogens (tertiary/aromatic N) is 2. The summed E-state index contributed by atoms with van der Waals surface area (Å²) in [5.74, 6) is 0.680. The van der Waals surface area contributed by atoms with Crippen LogP contribution in [0.1, 0.15) is 0 Å². The largest absolute Gasteiger partial charge is 0.497 e. The average Bonchev–Trinajstić information content (AvgIpc) is 3.09. The molecule has 0 aliphatic carbocycles. The van der Waals surface area contributed by atoms with Crippen LogP contribution < -0.4 is 15.4 Å². The van der Waals surface area contributed by atoms with Gasteiger partial charge in [0.25, 0.3) is 0 Å². The Hall–Kier alpha value is -3.71. The van der Waals surface area contributed by atoms with Crippen molar-refractivity contribution in [1.82, 2.24) is 9.97 Å². The predicted octanol–water partition coefficient (Wildman–Crippen LogP) is 5.65. The van der Waals surface area contributed by atoms with Gasteiger partial charge in [0, 0.05) is 27.5 Å². The number of methoxy groups -OCH3 is 1. The van der Waals surface area contributed by atoms with E-state index < -0.39 is 0 Å². The van der Waals surface area contributed by atoms with Crippen LogP contribution in [0, 0.1) is 0 Å². The molecule has 0 saturated carbocycles. The summed E-state index contributed by atoms with van der Waals surface area (Å²) in [7, 11) is 1.59. The highest BCUT2D eigenvalue weighted by atomic mass is 32.1. The molecule has 0 unspecified atom stereocenters. The number of carbonyl (C=O) groups is 1. The lowest BCUT2D eigenvalue weighted by atomic mass is 10.2. The van der Waals surface area contributed by atoms with Crippen molar-refractivity contribution >= 4 is 60.2 Å². The number of rotatable bonds is 3. The summed E-state index contributed by atoms with van der Waals surface area (Å²) in [6, 6.07) is 20.5. The molecule has 2 amide bonds. The van der Waals surface area contributed by atoms with Crippen LogP contribution in [0.4, 0.5) is 16.2 Å². The Bertz CT molecular complexity index is 1380. The summed E-state index contributed by atoms with van der Waals surface area (Å²) in [4.78, 5) is 22.8. The Kier molecular flexibility index (Phi) is 4.22. The van der Waals surface area contributed by atoms with Gasteiger partial charge in [-0.05, 0) is 42.5 Å². The molecule has 0 atom stereocenters. The Labute approximate surface area is 170 Å². The van der Waals surface area contributed by atoms with Gasteiger partial charge in [0.1, 0.15) is 16.1 Å². The maximum Gasteiger partial charge on any atom is 0.323 e. The van der Waals surface area contributed by atoms with Gasteiger partial charge in [-0.1, -0.05) is 18.2 Å². The lowest BCUT2D eigenvalue weighted by molar-refractivity contribution is 0.262. The molecule has 3 aromatic carbocycles. The zero-order chi connectivity index (χ0) is 19.8. The predicted molar refractivity (Wildman–Crippen MR) is 118 cm³/mol. The number of hydrogen-bond acceptors (Lipinski definition) is 5. The second-order valence-electron chi connectivity index (χ2n) is 6.49. The average molecular weight is 400 g/mol. The molecule has 0 spiro atoms. The smallest absolute Gasteiger partial charge is 0.323 e. The number of fused-ring (bicyclic) bond motifs is 4. The van der Waals surface area contributed by atoms with E-state index in [1.165, 1.54) is 0 Å². The highest BCUT2D eigenvalue weighted by Crippen LogP contribution is 2.34. The zero-order valence-corrected chi connectivity index (χ0v) is 16.3.